The van der Waals surface area contributed by atoms with Crippen LogP contribution in [0, 0.1) is 12.8 Å². The minimum atomic E-state index is 0.144. The van der Waals surface area contributed by atoms with Crippen molar-refractivity contribution in [3.05, 3.63) is 11.8 Å². The number of nitrogens with zero attached hydrogens (tertiary/aromatic N) is 2. The van der Waals surface area contributed by atoms with Gasteiger partial charge in [0.15, 0.2) is 0 Å². The second-order valence-electron chi connectivity index (χ2n) is 5.06. The van der Waals surface area contributed by atoms with Crippen LogP contribution in [-0.2, 0) is 0 Å². The van der Waals surface area contributed by atoms with Gasteiger partial charge >= 0.3 is 6.01 Å². The maximum absolute atomic E-state index is 5.90. The fourth-order valence-corrected chi connectivity index (χ4v) is 2.41. The Morgan fingerprint density at radius 1 is 1.37 bits per heavy atom. The molecular weight excluding hydrogens is 242 g/mol. The lowest BCUT2D eigenvalue weighted by molar-refractivity contribution is 0.145. The van der Waals surface area contributed by atoms with Crippen LogP contribution in [0.15, 0.2) is 6.07 Å². The summed E-state index contributed by atoms with van der Waals surface area (Å²) in [6.07, 6.45) is 4.43. The van der Waals surface area contributed by atoms with E-state index in [1.807, 2.05) is 13.0 Å². The standard InChI is InChI=1S/C14H23N3O2/c1-3-7-18-13-8-10(2)16-14(17-13)19-12-6-4-5-11(12)9-15/h8,11-12H,3-7,9,15H2,1-2H3. The van der Waals surface area contributed by atoms with Crippen molar-refractivity contribution in [2.24, 2.45) is 11.7 Å². The van der Waals surface area contributed by atoms with Gasteiger partial charge in [-0.05, 0) is 39.2 Å². The monoisotopic (exact) mass is 265 g/mol. The van der Waals surface area contributed by atoms with Gasteiger partial charge in [-0.15, -0.1) is 0 Å². The molecule has 2 N–H and O–H groups in total. The largest absolute Gasteiger partial charge is 0.478 e. The van der Waals surface area contributed by atoms with Crippen molar-refractivity contribution < 1.29 is 9.47 Å². The molecular formula is C14H23N3O2. The van der Waals surface area contributed by atoms with Gasteiger partial charge in [-0.3, -0.25) is 0 Å². The summed E-state index contributed by atoms with van der Waals surface area (Å²) >= 11 is 0. The number of rotatable bonds is 6. The minimum Gasteiger partial charge on any atom is -0.478 e. The number of aromatic nitrogens is 2. The third kappa shape index (κ3) is 3.80. The lowest BCUT2D eigenvalue weighted by atomic mass is 10.1. The SMILES string of the molecule is CCCOc1cc(C)nc(OC2CCCC2CN)n1. The molecule has 1 aliphatic rings. The zero-order valence-corrected chi connectivity index (χ0v) is 11.8. The molecule has 0 bridgehead atoms. The molecule has 5 nitrogen and oxygen atoms in total. The van der Waals surface area contributed by atoms with Crippen LogP contribution >= 0.6 is 0 Å². The molecule has 1 aromatic rings. The Labute approximate surface area is 114 Å². The lowest BCUT2D eigenvalue weighted by Gasteiger charge is -2.18. The molecule has 1 saturated carbocycles. The van der Waals surface area contributed by atoms with Gasteiger partial charge in [0.2, 0.25) is 5.88 Å². The first-order valence-corrected chi connectivity index (χ1v) is 7.08. The van der Waals surface area contributed by atoms with Crippen LogP contribution in [0.2, 0.25) is 0 Å². The summed E-state index contributed by atoms with van der Waals surface area (Å²) in [5.74, 6) is 1.01. The molecule has 0 spiro atoms. The fraction of sp³-hybridized carbons (Fsp3) is 0.714. The van der Waals surface area contributed by atoms with Gasteiger partial charge in [-0.1, -0.05) is 6.92 Å². The number of hydrogen-bond acceptors (Lipinski definition) is 5. The molecule has 1 aliphatic carbocycles. The Balaban J connectivity index is 2.04. The van der Waals surface area contributed by atoms with Gasteiger partial charge in [0.1, 0.15) is 6.10 Å². The molecule has 0 aromatic carbocycles. The molecule has 2 rings (SSSR count). The second-order valence-corrected chi connectivity index (χ2v) is 5.06. The van der Waals surface area contributed by atoms with Crippen LogP contribution in [0.25, 0.3) is 0 Å². The maximum atomic E-state index is 5.90. The van der Waals surface area contributed by atoms with Crippen molar-refractivity contribution in [2.45, 2.75) is 45.6 Å². The zero-order valence-electron chi connectivity index (χ0n) is 11.8. The summed E-state index contributed by atoms with van der Waals surface area (Å²) in [7, 11) is 0. The highest BCUT2D eigenvalue weighted by Gasteiger charge is 2.28. The smallest absolute Gasteiger partial charge is 0.320 e. The molecule has 0 saturated heterocycles. The third-order valence-corrected chi connectivity index (χ3v) is 3.41. The molecule has 0 aliphatic heterocycles. The normalized spacial score (nSPS) is 22.5. The average Bonchev–Trinajstić information content (AvgIpc) is 2.83. The molecule has 1 aromatic heterocycles. The van der Waals surface area contributed by atoms with Crippen LogP contribution < -0.4 is 15.2 Å². The van der Waals surface area contributed by atoms with Crippen LogP contribution in [0.1, 0.15) is 38.3 Å². The van der Waals surface area contributed by atoms with E-state index in [4.69, 9.17) is 15.2 Å². The van der Waals surface area contributed by atoms with Crippen molar-refractivity contribution in [1.82, 2.24) is 9.97 Å². The minimum absolute atomic E-state index is 0.144. The molecule has 19 heavy (non-hydrogen) atoms. The van der Waals surface area contributed by atoms with Crippen molar-refractivity contribution in [1.29, 1.82) is 0 Å². The summed E-state index contributed by atoms with van der Waals surface area (Å²) in [5.41, 5.74) is 6.62. The molecule has 5 heteroatoms. The number of hydrogen-bond donors (Lipinski definition) is 1. The van der Waals surface area contributed by atoms with E-state index in [0.29, 0.717) is 31.0 Å². The van der Waals surface area contributed by atoms with E-state index < -0.39 is 0 Å². The highest BCUT2D eigenvalue weighted by molar-refractivity contribution is 5.17. The van der Waals surface area contributed by atoms with Gasteiger partial charge in [-0.25, -0.2) is 4.98 Å². The topological polar surface area (TPSA) is 70.3 Å². The quantitative estimate of drug-likeness (QED) is 0.852. The Kier molecular flexibility index (Phi) is 4.96. The van der Waals surface area contributed by atoms with Crippen LogP contribution in [0.5, 0.6) is 11.9 Å². The summed E-state index contributed by atoms with van der Waals surface area (Å²) in [6, 6.07) is 2.24. The summed E-state index contributed by atoms with van der Waals surface area (Å²) in [5, 5.41) is 0. The Hall–Kier alpha value is -1.36. The summed E-state index contributed by atoms with van der Waals surface area (Å²) in [6.45, 7) is 5.30. The van der Waals surface area contributed by atoms with Gasteiger partial charge < -0.3 is 15.2 Å². The van der Waals surface area contributed by atoms with Crippen molar-refractivity contribution >= 4 is 0 Å². The van der Waals surface area contributed by atoms with Crippen LogP contribution in [0.3, 0.4) is 0 Å². The van der Waals surface area contributed by atoms with Gasteiger partial charge in [0, 0.05) is 17.7 Å². The first-order chi connectivity index (χ1) is 9.22. The van der Waals surface area contributed by atoms with Crippen molar-refractivity contribution in [3.63, 3.8) is 0 Å². The molecule has 1 fully saturated rings. The third-order valence-electron chi connectivity index (χ3n) is 3.41. The van der Waals surface area contributed by atoms with E-state index in [1.165, 1.54) is 0 Å². The Morgan fingerprint density at radius 2 is 2.21 bits per heavy atom. The van der Waals surface area contributed by atoms with Crippen molar-refractivity contribution in [2.75, 3.05) is 13.2 Å². The predicted octanol–water partition coefficient (Wildman–Crippen LogP) is 2.08. The molecule has 0 amide bonds. The average molecular weight is 265 g/mol. The van der Waals surface area contributed by atoms with Crippen LogP contribution in [-0.4, -0.2) is 29.2 Å². The second kappa shape index (κ2) is 6.70. The van der Waals surface area contributed by atoms with E-state index >= 15 is 0 Å². The number of nitrogens with two attached hydrogens (primary N) is 1. The van der Waals surface area contributed by atoms with E-state index in [1.54, 1.807) is 0 Å². The van der Waals surface area contributed by atoms with Gasteiger partial charge in [-0.2, -0.15) is 4.98 Å². The highest BCUT2D eigenvalue weighted by Crippen LogP contribution is 2.28. The highest BCUT2D eigenvalue weighted by atomic mass is 16.5. The molecule has 2 unspecified atom stereocenters. The fourth-order valence-electron chi connectivity index (χ4n) is 2.41. The zero-order chi connectivity index (χ0) is 13.7. The van der Waals surface area contributed by atoms with E-state index in [-0.39, 0.29) is 6.10 Å². The van der Waals surface area contributed by atoms with Crippen LogP contribution in [0.4, 0.5) is 0 Å². The van der Waals surface area contributed by atoms with E-state index in [0.717, 1.165) is 31.4 Å². The van der Waals surface area contributed by atoms with Gasteiger partial charge in [0.05, 0.1) is 6.61 Å². The number of aryl methyl sites for hydroxylation is 1. The Morgan fingerprint density at radius 3 is 2.95 bits per heavy atom. The molecule has 106 valence electrons. The van der Waals surface area contributed by atoms with Gasteiger partial charge in [0.25, 0.3) is 0 Å². The molecule has 2 atom stereocenters. The molecule has 0 radical (unpaired) electrons. The first-order valence-electron chi connectivity index (χ1n) is 7.08. The number of ether oxygens (including phenoxy) is 2. The summed E-state index contributed by atoms with van der Waals surface area (Å²) in [4.78, 5) is 8.63. The predicted molar refractivity (Wildman–Crippen MR) is 73.4 cm³/mol. The molecule has 1 heterocycles. The van der Waals surface area contributed by atoms with E-state index in [9.17, 15) is 0 Å². The van der Waals surface area contributed by atoms with Crippen molar-refractivity contribution in [3.8, 4) is 11.9 Å². The Bertz CT molecular complexity index is 412. The lowest BCUT2D eigenvalue weighted by Crippen LogP contribution is -2.28. The summed E-state index contributed by atoms with van der Waals surface area (Å²) < 4.78 is 11.4. The van der Waals surface area contributed by atoms with E-state index in [2.05, 4.69) is 16.9 Å². The maximum Gasteiger partial charge on any atom is 0.320 e. The first kappa shape index (κ1) is 14.1.